The Hall–Kier alpha value is -1.41. The van der Waals surface area contributed by atoms with Crippen LogP contribution in [-0.4, -0.2) is 12.6 Å². The van der Waals surface area contributed by atoms with Crippen LogP contribution in [0.4, 0.5) is 5.69 Å². The number of halogens is 1. The van der Waals surface area contributed by atoms with E-state index in [0.29, 0.717) is 12.6 Å². The van der Waals surface area contributed by atoms with Crippen molar-refractivity contribution in [3.8, 4) is 0 Å². The molecule has 17 heavy (non-hydrogen) atoms. The number of allylic oxidation sites excluding steroid dienone is 1. The summed E-state index contributed by atoms with van der Waals surface area (Å²) in [7, 11) is 0. The third kappa shape index (κ3) is 2.83. The molecule has 0 aliphatic carbocycles. The fourth-order valence-corrected chi connectivity index (χ4v) is 2.01. The molecule has 0 N–H and O–H groups in total. The molecule has 1 unspecified atom stereocenters. The number of nitrogens with zero attached hydrogens (tertiary/aromatic N) is 1. The fourth-order valence-electron chi connectivity index (χ4n) is 1.82. The molecule has 1 atom stereocenters. The van der Waals surface area contributed by atoms with Gasteiger partial charge in [-0.2, -0.15) is 0 Å². The van der Waals surface area contributed by atoms with Gasteiger partial charge in [-0.25, -0.2) is 0 Å². The zero-order valence-electron chi connectivity index (χ0n) is 10.1. The minimum Gasteiger partial charge on any atom is -0.492 e. The number of hydrogen-bond donors (Lipinski definition) is 0. The van der Waals surface area contributed by atoms with Gasteiger partial charge in [0.15, 0.2) is 0 Å². The van der Waals surface area contributed by atoms with Crippen LogP contribution < -0.4 is 4.90 Å². The molecule has 0 aromatic heterocycles. The van der Waals surface area contributed by atoms with Crippen molar-refractivity contribution in [1.82, 2.24) is 0 Å². The van der Waals surface area contributed by atoms with Gasteiger partial charge in [0.05, 0.1) is 6.61 Å². The van der Waals surface area contributed by atoms with Gasteiger partial charge in [-0.1, -0.05) is 23.7 Å². The minimum atomic E-state index is 0.303. The molecule has 0 radical (unpaired) electrons. The summed E-state index contributed by atoms with van der Waals surface area (Å²) in [5.41, 5.74) is 1.08. The molecule has 1 aliphatic heterocycles. The van der Waals surface area contributed by atoms with Crippen LogP contribution >= 0.6 is 11.6 Å². The summed E-state index contributed by atoms with van der Waals surface area (Å²) >= 11 is 6.01. The topological polar surface area (TPSA) is 12.5 Å². The lowest BCUT2D eigenvalue weighted by Gasteiger charge is -2.29. The van der Waals surface area contributed by atoms with Gasteiger partial charge in [0, 0.05) is 23.0 Å². The number of ether oxygens (including phenoxy) is 1. The lowest BCUT2D eigenvalue weighted by atomic mass is 10.1. The molecule has 90 valence electrons. The lowest BCUT2D eigenvalue weighted by molar-refractivity contribution is 0.240. The van der Waals surface area contributed by atoms with Crippen molar-refractivity contribution in [3.63, 3.8) is 0 Å². The van der Waals surface area contributed by atoms with E-state index in [9.17, 15) is 0 Å². The summed E-state index contributed by atoms with van der Waals surface area (Å²) < 4.78 is 5.51. The average Bonchev–Trinajstić information content (AvgIpc) is 2.32. The van der Waals surface area contributed by atoms with E-state index in [1.54, 1.807) is 0 Å². The molecule has 1 aromatic carbocycles. The summed E-state index contributed by atoms with van der Waals surface area (Å²) in [6.45, 7) is 4.79. The van der Waals surface area contributed by atoms with Crippen molar-refractivity contribution in [1.29, 1.82) is 0 Å². The largest absolute Gasteiger partial charge is 0.492 e. The molecule has 1 heterocycles. The molecule has 0 saturated carbocycles. The van der Waals surface area contributed by atoms with E-state index in [2.05, 4.69) is 17.9 Å². The van der Waals surface area contributed by atoms with E-state index in [4.69, 9.17) is 16.3 Å². The van der Waals surface area contributed by atoms with E-state index >= 15 is 0 Å². The first-order valence-corrected chi connectivity index (χ1v) is 6.15. The predicted octanol–water partition coefficient (Wildman–Crippen LogP) is 3.98. The highest BCUT2D eigenvalue weighted by Crippen LogP contribution is 2.25. The number of rotatable bonds is 3. The maximum Gasteiger partial charge on any atom is 0.135 e. The van der Waals surface area contributed by atoms with E-state index in [1.165, 1.54) is 0 Å². The van der Waals surface area contributed by atoms with Crippen molar-refractivity contribution in [2.75, 3.05) is 11.5 Å². The molecule has 2 rings (SSSR count). The average molecular weight is 250 g/mol. The van der Waals surface area contributed by atoms with Crippen LogP contribution in [0.15, 0.2) is 48.4 Å². The normalized spacial score (nSPS) is 19.1. The van der Waals surface area contributed by atoms with E-state index in [-0.39, 0.29) is 0 Å². The predicted molar refractivity (Wildman–Crippen MR) is 72.2 cm³/mol. The molecule has 1 aromatic rings. The van der Waals surface area contributed by atoms with Crippen LogP contribution in [0.1, 0.15) is 13.8 Å². The molecule has 3 heteroatoms. The standard InChI is InChI=1S/C14H16ClNO/c1-3-17-14-8-7-11(2)16(10-14)13-6-4-5-12(15)9-13/h4-11H,3H2,1-2H3. The van der Waals surface area contributed by atoms with Crippen molar-refractivity contribution >= 4 is 17.3 Å². The van der Waals surface area contributed by atoms with Crippen LogP contribution in [0.3, 0.4) is 0 Å². The number of hydrogen-bond acceptors (Lipinski definition) is 2. The smallest absolute Gasteiger partial charge is 0.135 e. The maximum absolute atomic E-state index is 6.01. The molecular formula is C14H16ClNO. The Morgan fingerprint density at radius 2 is 2.24 bits per heavy atom. The maximum atomic E-state index is 6.01. The second-order valence-corrected chi connectivity index (χ2v) is 4.39. The highest BCUT2D eigenvalue weighted by atomic mass is 35.5. The molecule has 0 saturated heterocycles. The van der Waals surface area contributed by atoms with Crippen molar-refractivity contribution in [2.45, 2.75) is 19.9 Å². The molecule has 0 amide bonds. The van der Waals surface area contributed by atoms with Crippen LogP contribution in [-0.2, 0) is 4.74 Å². The molecule has 0 fully saturated rings. The van der Waals surface area contributed by atoms with E-state index < -0.39 is 0 Å². The lowest BCUT2D eigenvalue weighted by Crippen LogP contribution is -2.28. The van der Waals surface area contributed by atoms with Crippen LogP contribution in [0.25, 0.3) is 0 Å². The number of benzene rings is 1. The van der Waals surface area contributed by atoms with Gasteiger partial charge in [0.25, 0.3) is 0 Å². The van der Waals surface area contributed by atoms with Gasteiger partial charge < -0.3 is 9.64 Å². The van der Waals surface area contributed by atoms with E-state index in [1.807, 2.05) is 43.5 Å². The second-order valence-electron chi connectivity index (χ2n) is 3.95. The van der Waals surface area contributed by atoms with Crippen molar-refractivity contribution in [3.05, 3.63) is 53.4 Å². The summed E-state index contributed by atoms with van der Waals surface area (Å²) in [6, 6.07) is 8.14. The Morgan fingerprint density at radius 3 is 2.94 bits per heavy atom. The third-order valence-electron chi connectivity index (χ3n) is 2.66. The number of anilines is 1. The quantitative estimate of drug-likeness (QED) is 0.803. The summed E-state index contributed by atoms with van der Waals surface area (Å²) in [6.07, 6.45) is 6.14. The van der Waals surface area contributed by atoms with E-state index in [0.717, 1.165) is 16.5 Å². The third-order valence-corrected chi connectivity index (χ3v) is 2.90. The highest BCUT2D eigenvalue weighted by molar-refractivity contribution is 6.30. The summed E-state index contributed by atoms with van der Waals surface area (Å²) in [5.74, 6) is 0.880. The molecule has 2 nitrogen and oxygen atoms in total. The van der Waals surface area contributed by atoms with Gasteiger partial charge in [0.2, 0.25) is 0 Å². The first-order chi connectivity index (χ1) is 8.20. The molecule has 0 spiro atoms. The van der Waals surface area contributed by atoms with Gasteiger partial charge in [-0.05, 0) is 38.1 Å². The Labute approximate surface area is 107 Å². The second kappa shape index (κ2) is 5.28. The van der Waals surface area contributed by atoms with Gasteiger partial charge >= 0.3 is 0 Å². The Kier molecular flexibility index (Phi) is 3.75. The van der Waals surface area contributed by atoms with Crippen molar-refractivity contribution in [2.24, 2.45) is 0 Å². The summed E-state index contributed by atoms with van der Waals surface area (Å²) in [5, 5.41) is 0.746. The zero-order chi connectivity index (χ0) is 12.3. The minimum absolute atomic E-state index is 0.303. The monoisotopic (exact) mass is 249 g/mol. The SMILES string of the molecule is CCOC1=CN(c2cccc(Cl)c2)C(C)C=C1. The first kappa shape index (κ1) is 12.1. The van der Waals surface area contributed by atoms with Gasteiger partial charge in [0.1, 0.15) is 5.76 Å². The first-order valence-electron chi connectivity index (χ1n) is 5.77. The van der Waals surface area contributed by atoms with Gasteiger partial charge in [-0.3, -0.25) is 0 Å². The molecule has 0 bridgehead atoms. The van der Waals surface area contributed by atoms with Crippen molar-refractivity contribution < 1.29 is 4.74 Å². The zero-order valence-corrected chi connectivity index (χ0v) is 10.8. The molecular weight excluding hydrogens is 234 g/mol. The highest BCUT2D eigenvalue weighted by Gasteiger charge is 2.15. The fraction of sp³-hybridized carbons (Fsp3) is 0.286. The van der Waals surface area contributed by atoms with Crippen LogP contribution in [0, 0.1) is 0 Å². The van der Waals surface area contributed by atoms with Crippen LogP contribution in [0.2, 0.25) is 5.02 Å². The Balaban J connectivity index is 2.27. The summed E-state index contributed by atoms with van der Waals surface area (Å²) in [4.78, 5) is 2.15. The van der Waals surface area contributed by atoms with Crippen LogP contribution in [0.5, 0.6) is 0 Å². The Bertz CT molecular complexity index is 453. The Morgan fingerprint density at radius 1 is 1.41 bits per heavy atom. The molecule has 1 aliphatic rings. The van der Waals surface area contributed by atoms with Gasteiger partial charge in [-0.15, -0.1) is 0 Å².